The van der Waals surface area contributed by atoms with Crippen LogP contribution in [0.2, 0.25) is 6.04 Å². The zero-order chi connectivity index (χ0) is 24.5. The lowest BCUT2D eigenvalue weighted by Crippen LogP contribution is -2.47. The first-order chi connectivity index (χ1) is 16.6. The second kappa shape index (κ2) is 16.3. The molecule has 0 spiro atoms. The van der Waals surface area contributed by atoms with Gasteiger partial charge in [0.05, 0.1) is 11.4 Å². The molecular weight excluding hydrogens is 450 g/mol. The molecule has 0 aliphatic rings. The van der Waals surface area contributed by atoms with Crippen LogP contribution in [0.1, 0.15) is 38.6 Å². The Morgan fingerprint density at radius 1 is 0.853 bits per heavy atom. The Morgan fingerprint density at radius 3 is 1.85 bits per heavy atom. The maximum absolute atomic E-state index is 12.3. The quantitative estimate of drug-likeness (QED) is 0.260. The van der Waals surface area contributed by atoms with E-state index >= 15 is 0 Å². The van der Waals surface area contributed by atoms with Gasteiger partial charge >= 0.3 is 14.8 Å². The fourth-order valence-electron chi connectivity index (χ4n) is 3.55. The van der Waals surface area contributed by atoms with Gasteiger partial charge in [0.1, 0.15) is 0 Å². The summed E-state index contributed by atoms with van der Waals surface area (Å²) in [5, 5.41) is 5.86. The van der Waals surface area contributed by atoms with Crippen molar-refractivity contribution in [1.82, 2.24) is 25.5 Å². The summed E-state index contributed by atoms with van der Waals surface area (Å²) >= 11 is 0. The van der Waals surface area contributed by atoms with Crippen LogP contribution >= 0.6 is 0 Å². The van der Waals surface area contributed by atoms with Crippen LogP contribution in [0.3, 0.4) is 0 Å². The van der Waals surface area contributed by atoms with E-state index in [1.165, 1.54) is 0 Å². The van der Waals surface area contributed by atoms with Gasteiger partial charge in [0, 0.05) is 71.0 Å². The number of aromatic nitrogens is 2. The summed E-state index contributed by atoms with van der Waals surface area (Å²) in [6.07, 6.45) is 4.31. The molecule has 2 aromatic heterocycles. The number of carbonyl (C=O) groups excluding carboxylic acids is 1. The predicted molar refractivity (Wildman–Crippen MR) is 134 cm³/mol. The van der Waals surface area contributed by atoms with E-state index in [0.717, 1.165) is 17.8 Å². The Kier molecular flexibility index (Phi) is 13.3. The SMILES string of the molecule is CCO[Si](CCCNC(=O)NCCN(Cc1ccccn1)Cc1ccccn1)(OCC)OCC. The Hall–Kier alpha value is -2.37. The molecular formula is C24H39N5O4Si. The maximum atomic E-state index is 12.3. The molecule has 34 heavy (non-hydrogen) atoms. The second-order valence-electron chi connectivity index (χ2n) is 7.62. The van der Waals surface area contributed by atoms with Gasteiger partial charge in [-0.3, -0.25) is 14.9 Å². The summed E-state index contributed by atoms with van der Waals surface area (Å²) in [7, 11) is -2.67. The molecule has 2 N–H and O–H groups in total. The molecule has 2 amide bonds. The molecule has 9 nitrogen and oxygen atoms in total. The summed E-state index contributed by atoms with van der Waals surface area (Å²) in [5.41, 5.74) is 1.96. The van der Waals surface area contributed by atoms with Crippen molar-refractivity contribution in [1.29, 1.82) is 0 Å². The van der Waals surface area contributed by atoms with E-state index in [9.17, 15) is 4.79 Å². The van der Waals surface area contributed by atoms with Gasteiger partial charge in [0.25, 0.3) is 0 Å². The van der Waals surface area contributed by atoms with Crippen molar-refractivity contribution in [3.63, 3.8) is 0 Å². The number of pyridine rings is 2. The van der Waals surface area contributed by atoms with Gasteiger partial charge in [0.15, 0.2) is 0 Å². The normalized spacial score (nSPS) is 11.5. The van der Waals surface area contributed by atoms with E-state index < -0.39 is 8.80 Å². The van der Waals surface area contributed by atoms with Crippen LogP contribution in [-0.2, 0) is 26.4 Å². The highest BCUT2D eigenvalue weighted by Gasteiger charge is 2.39. The van der Waals surface area contributed by atoms with Crippen molar-refractivity contribution in [2.24, 2.45) is 0 Å². The highest BCUT2D eigenvalue weighted by atomic mass is 28.4. The van der Waals surface area contributed by atoms with E-state index in [-0.39, 0.29) is 6.03 Å². The predicted octanol–water partition coefficient (Wildman–Crippen LogP) is 3.22. The van der Waals surface area contributed by atoms with Gasteiger partial charge in [0.2, 0.25) is 0 Å². The summed E-state index contributed by atoms with van der Waals surface area (Å²) in [6, 6.07) is 12.3. The first-order valence-corrected chi connectivity index (χ1v) is 14.0. The number of nitrogens with zero attached hydrogens (tertiary/aromatic N) is 3. The van der Waals surface area contributed by atoms with Crippen LogP contribution in [-0.4, -0.2) is 69.2 Å². The molecule has 188 valence electrons. The number of hydrogen-bond donors (Lipinski definition) is 2. The minimum absolute atomic E-state index is 0.188. The standard InChI is InChI=1S/C24H39N5O4Si/c1-4-31-34(32-5-2,33-6-3)19-11-16-27-24(30)28-17-18-29(20-22-12-7-9-14-25-22)21-23-13-8-10-15-26-23/h7-10,12-15H,4-6,11,16-21H2,1-3H3,(H2,27,28,30). The number of carbonyl (C=O) groups is 1. The number of urea groups is 1. The molecule has 0 aliphatic carbocycles. The van der Waals surface area contributed by atoms with Crippen LogP contribution in [0.5, 0.6) is 0 Å². The van der Waals surface area contributed by atoms with Gasteiger partial charge in [-0.2, -0.15) is 0 Å². The highest BCUT2D eigenvalue weighted by molar-refractivity contribution is 6.60. The maximum Gasteiger partial charge on any atom is 0.500 e. The van der Waals surface area contributed by atoms with Crippen LogP contribution in [0, 0.1) is 0 Å². The van der Waals surface area contributed by atoms with Crippen LogP contribution < -0.4 is 10.6 Å². The first-order valence-electron chi connectivity index (χ1n) is 12.1. The average molecular weight is 490 g/mol. The van der Waals surface area contributed by atoms with Crippen molar-refractivity contribution in [2.75, 3.05) is 39.5 Å². The van der Waals surface area contributed by atoms with Crippen molar-refractivity contribution in [3.05, 3.63) is 60.2 Å². The largest absolute Gasteiger partial charge is 0.500 e. The molecule has 2 rings (SSSR count). The summed E-state index contributed by atoms with van der Waals surface area (Å²) < 4.78 is 17.6. The second-order valence-corrected chi connectivity index (χ2v) is 10.4. The number of amides is 2. The Bertz CT molecular complexity index is 742. The Labute approximate surface area is 204 Å². The fourth-order valence-corrected chi connectivity index (χ4v) is 6.17. The van der Waals surface area contributed by atoms with Crippen molar-refractivity contribution in [2.45, 2.75) is 46.3 Å². The third kappa shape index (κ3) is 10.7. The molecule has 2 aromatic rings. The van der Waals surface area contributed by atoms with Gasteiger partial charge < -0.3 is 23.9 Å². The Balaban J connectivity index is 1.76. The lowest BCUT2D eigenvalue weighted by Gasteiger charge is -2.28. The lowest BCUT2D eigenvalue weighted by molar-refractivity contribution is 0.0708. The molecule has 0 saturated heterocycles. The number of rotatable bonds is 17. The van der Waals surface area contributed by atoms with Crippen LogP contribution in [0.4, 0.5) is 4.79 Å². The molecule has 0 aromatic carbocycles. The average Bonchev–Trinajstić information content (AvgIpc) is 2.84. The molecule has 0 fully saturated rings. The topological polar surface area (TPSA) is 97.8 Å². The number of hydrogen-bond acceptors (Lipinski definition) is 7. The molecule has 10 heteroatoms. The van der Waals surface area contributed by atoms with Crippen molar-refractivity contribution in [3.8, 4) is 0 Å². The van der Waals surface area contributed by atoms with Gasteiger partial charge in [-0.15, -0.1) is 0 Å². The first kappa shape index (κ1) is 27.9. The zero-order valence-electron chi connectivity index (χ0n) is 20.7. The summed E-state index contributed by atoms with van der Waals surface area (Å²) in [6.45, 7) is 10.5. The van der Waals surface area contributed by atoms with Crippen molar-refractivity contribution >= 4 is 14.8 Å². The molecule has 2 heterocycles. The minimum atomic E-state index is -2.67. The van der Waals surface area contributed by atoms with Crippen molar-refractivity contribution < 1.29 is 18.1 Å². The molecule has 0 bridgehead atoms. The van der Waals surface area contributed by atoms with Crippen LogP contribution in [0.25, 0.3) is 0 Å². The number of nitrogens with one attached hydrogen (secondary N) is 2. The fraction of sp³-hybridized carbons (Fsp3) is 0.542. The van der Waals surface area contributed by atoms with Gasteiger partial charge in [-0.25, -0.2) is 4.79 Å². The van der Waals surface area contributed by atoms with E-state index in [0.29, 0.717) is 58.6 Å². The highest BCUT2D eigenvalue weighted by Crippen LogP contribution is 2.17. The van der Waals surface area contributed by atoms with E-state index in [1.807, 2.05) is 57.2 Å². The molecule has 0 atom stereocenters. The van der Waals surface area contributed by atoms with Gasteiger partial charge in [-0.1, -0.05) is 12.1 Å². The smallest absolute Gasteiger partial charge is 0.374 e. The summed E-state index contributed by atoms with van der Waals surface area (Å²) in [5.74, 6) is 0. The Morgan fingerprint density at radius 2 is 1.38 bits per heavy atom. The third-order valence-electron chi connectivity index (χ3n) is 4.98. The molecule has 0 saturated carbocycles. The van der Waals surface area contributed by atoms with Crippen LogP contribution in [0.15, 0.2) is 48.8 Å². The monoisotopic (exact) mass is 489 g/mol. The van der Waals surface area contributed by atoms with E-state index in [1.54, 1.807) is 12.4 Å². The zero-order valence-corrected chi connectivity index (χ0v) is 21.7. The van der Waals surface area contributed by atoms with E-state index in [4.69, 9.17) is 13.3 Å². The van der Waals surface area contributed by atoms with Gasteiger partial charge in [-0.05, 0) is 51.5 Å². The summed E-state index contributed by atoms with van der Waals surface area (Å²) in [4.78, 5) is 23.4. The molecule has 0 aliphatic heterocycles. The lowest BCUT2D eigenvalue weighted by atomic mass is 10.3. The molecule has 0 unspecified atom stereocenters. The molecule has 0 radical (unpaired) electrons. The van der Waals surface area contributed by atoms with E-state index in [2.05, 4.69) is 25.5 Å². The third-order valence-corrected chi connectivity index (χ3v) is 8.13. The minimum Gasteiger partial charge on any atom is -0.374 e.